The number of halogens is 3. The van der Waals surface area contributed by atoms with Crippen LogP contribution in [-0.2, 0) is 11.3 Å². The van der Waals surface area contributed by atoms with Crippen LogP contribution in [0.1, 0.15) is 58.8 Å². The fraction of sp³-hybridized carbons (Fsp3) is 0.600. The molecule has 0 aliphatic rings. The van der Waals surface area contributed by atoms with E-state index in [1.54, 1.807) is 6.20 Å². The molecule has 0 aliphatic heterocycles. The topological polar surface area (TPSA) is 62.7 Å². The third-order valence-corrected chi connectivity index (χ3v) is 7.16. The molecule has 0 saturated heterocycles. The number of carboxylic acids is 1. The Kier molecular flexibility index (Phi) is 9.53. The van der Waals surface area contributed by atoms with Crippen LogP contribution in [0.15, 0.2) is 24.4 Å². The van der Waals surface area contributed by atoms with Crippen LogP contribution in [0.5, 0.6) is 5.75 Å². The Morgan fingerprint density at radius 1 is 1.26 bits per heavy atom. The van der Waals surface area contributed by atoms with Crippen molar-refractivity contribution in [2.75, 3.05) is 13.6 Å². The van der Waals surface area contributed by atoms with Crippen molar-refractivity contribution >= 4 is 17.3 Å². The molecule has 2 atom stereocenters. The highest BCUT2D eigenvalue weighted by molar-refractivity contribution is 7.15. The van der Waals surface area contributed by atoms with Crippen LogP contribution >= 0.6 is 11.3 Å². The highest BCUT2D eigenvalue weighted by atomic mass is 32.1. The molecule has 190 valence electrons. The minimum absolute atomic E-state index is 0.0777. The number of carboxylic acid groups (broad SMARTS) is 1. The van der Waals surface area contributed by atoms with Crippen LogP contribution in [0, 0.1) is 22.6 Å². The average molecular weight is 501 g/mol. The van der Waals surface area contributed by atoms with Crippen molar-refractivity contribution in [3.05, 3.63) is 35.1 Å². The summed E-state index contributed by atoms with van der Waals surface area (Å²) in [4.78, 5) is 19.2. The second-order valence-electron chi connectivity index (χ2n) is 10.2. The van der Waals surface area contributed by atoms with E-state index < -0.39 is 23.8 Å². The number of hydrogen-bond acceptors (Lipinski definition) is 5. The maximum atomic E-state index is 14.4. The van der Waals surface area contributed by atoms with Gasteiger partial charge in [0.25, 0.3) is 0 Å². The van der Waals surface area contributed by atoms with Gasteiger partial charge in [0, 0.05) is 24.2 Å². The van der Waals surface area contributed by atoms with Crippen molar-refractivity contribution in [3.8, 4) is 16.3 Å². The molecular weight excluding hydrogens is 465 g/mol. The molecule has 0 radical (unpaired) electrons. The summed E-state index contributed by atoms with van der Waals surface area (Å²) in [5.41, 5.74) is -0.977. The zero-order chi connectivity index (χ0) is 25.7. The number of carbonyl (C=O) groups is 1. The fourth-order valence-electron chi connectivity index (χ4n) is 4.15. The second kappa shape index (κ2) is 11.5. The number of aromatic nitrogens is 1. The summed E-state index contributed by atoms with van der Waals surface area (Å²) in [5.74, 6) is -1.58. The average Bonchev–Trinajstić information content (AvgIpc) is 3.14. The highest BCUT2D eigenvalue weighted by Crippen LogP contribution is 2.40. The van der Waals surface area contributed by atoms with Gasteiger partial charge in [-0.2, -0.15) is 8.78 Å². The first-order valence-electron chi connectivity index (χ1n) is 11.4. The summed E-state index contributed by atoms with van der Waals surface area (Å²) in [7, 11) is 1.95. The molecule has 1 aromatic heterocycles. The smallest absolute Gasteiger partial charge is 0.387 e. The van der Waals surface area contributed by atoms with Crippen LogP contribution in [0.25, 0.3) is 10.6 Å². The maximum absolute atomic E-state index is 14.4. The van der Waals surface area contributed by atoms with Gasteiger partial charge in [-0.05, 0) is 50.3 Å². The highest BCUT2D eigenvalue weighted by Gasteiger charge is 2.39. The largest absolute Gasteiger partial charge is 0.481 e. The van der Waals surface area contributed by atoms with Gasteiger partial charge in [-0.25, -0.2) is 9.37 Å². The Labute approximate surface area is 204 Å². The predicted octanol–water partition coefficient (Wildman–Crippen LogP) is 6.93. The van der Waals surface area contributed by atoms with Gasteiger partial charge in [0.2, 0.25) is 0 Å². The van der Waals surface area contributed by atoms with Crippen molar-refractivity contribution in [3.63, 3.8) is 0 Å². The zero-order valence-corrected chi connectivity index (χ0v) is 21.5. The van der Waals surface area contributed by atoms with Gasteiger partial charge in [0.05, 0.1) is 11.0 Å². The summed E-state index contributed by atoms with van der Waals surface area (Å²) >= 11 is 1.22. The molecule has 0 spiro atoms. The Bertz CT molecular complexity index is 961. The lowest BCUT2D eigenvalue weighted by Crippen LogP contribution is -2.39. The van der Waals surface area contributed by atoms with Crippen LogP contribution in [0.3, 0.4) is 0 Å². The molecule has 0 bridgehead atoms. The van der Waals surface area contributed by atoms with Gasteiger partial charge < -0.3 is 14.7 Å². The van der Waals surface area contributed by atoms with E-state index >= 15 is 0 Å². The van der Waals surface area contributed by atoms with Crippen molar-refractivity contribution in [1.29, 1.82) is 0 Å². The number of rotatable bonds is 12. The van der Waals surface area contributed by atoms with E-state index in [1.807, 2.05) is 20.9 Å². The van der Waals surface area contributed by atoms with Crippen molar-refractivity contribution in [2.45, 2.75) is 67.0 Å². The first-order chi connectivity index (χ1) is 15.8. The molecule has 1 heterocycles. The van der Waals surface area contributed by atoms with E-state index in [0.717, 1.165) is 11.3 Å². The molecule has 9 heteroatoms. The predicted molar refractivity (Wildman–Crippen MR) is 129 cm³/mol. The van der Waals surface area contributed by atoms with Crippen molar-refractivity contribution in [2.24, 2.45) is 16.7 Å². The molecule has 0 unspecified atom stereocenters. The first kappa shape index (κ1) is 28.1. The number of nitrogens with zero attached hydrogens (tertiary/aromatic N) is 2. The van der Waals surface area contributed by atoms with E-state index in [-0.39, 0.29) is 27.7 Å². The van der Waals surface area contributed by atoms with Gasteiger partial charge in [-0.1, -0.05) is 40.2 Å². The lowest BCUT2D eigenvalue weighted by molar-refractivity contribution is -0.150. The number of aliphatic carboxylic acids is 1. The standard InChI is InChI=1S/C25H35F3N2O3S/c1-7-11-25(5,22(31)32)12-16(24(2,3)4)14-30(6)15-17-13-29-21(34-17)20-18(26)9-8-10-19(20)33-23(27)28/h8-10,13,16,23H,7,11-12,14-15H2,1-6H3,(H,31,32)/t16-,25-/m1/s1. The van der Waals surface area contributed by atoms with Crippen molar-refractivity contribution < 1.29 is 27.8 Å². The number of alkyl halides is 2. The summed E-state index contributed by atoms with van der Waals surface area (Å²) in [6, 6.07) is 3.79. The molecule has 2 rings (SSSR count). The number of ether oxygens (including phenoxy) is 1. The Hall–Kier alpha value is -2.13. The number of thiazole rings is 1. The van der Waals surface area contributed by atoms with Crippen molar-refractivity contribution in [1.82, 2.24) is 9.88 Å². The molecule has 0 amide bonds. The second-order valence-corrected chi connectivity index (χ2v) is 11.3. The summed E-state index contributed by atoms with van der Waals surface area (Å²) in [6.45, 7) is 8.29. The Morgan fingerprint density at radius 3 is 2.50 bits per heavy atom. The van der Waals surface area contributed by atoms with Gasteiger partial charge >= 0.3 is 12.6 Å². The van der Waals surface area contributed by atoms with E-state index in [0.29, 0.717) is 25.9 Å². The molecule has 1 aromatic carbocycles. The Morgan fingerprint density at radius 2 is 1.94 bits per heavy atom. The third kappa shape index (κ3) is 7.43. The quantitative estimate of drug-likeness (QED) is 0.343. The van der Waals surface area contributed by atoms with Gasteiger partial charge in [0.15, 0.2) is 0 Å². The molecular formula is C25H35F3N2O3S. The van der Waals surface area contributed by atoms with E-state index in [1.165, 1.54) is 29.5 Å². The molecule has 0 aliphatic carbocycles. The van der Waals surface area contributed by atoms with Gasteiger partial charge in [0.1, 0.15) is 16.6 Å². The monoisotopic (exact) mass is 500 g/mol. The van der Waals surface area contributed by atoms with Crippen LogP contribution in [-0.4, -0.2) is 41.2 Å². The molecule has 0 saturated carbocycles. The maximum Gasteiger partial charge on any atom is 0.387 e. The van der Waals surface area contributed by atoms with Crippen LogP contribution < -0.4 is 4.74 Å². The van der Waals surface area contributed by atoms with Crippen LogP contribution in [0.4, 0.5) is 13.2 Å². The van der Waals surface area contributed by atoms with Gasteiger partial charge in [-0.3, -0.25) is 4.79 Å². The number of benzene rings is 1. The zero-order valence-electron chi connectivity index (χ0n) is 20.7. The molecule has 2 aromatic rings. The normalized spacial score (nSPS) is 14.9. The van der Waals surface area contributed by atoms with E-state index in [9.17, 15) is 23.1 Å². The first-order valence-corrected chi connectivity index (χ1v) is 12.2. The Balaban J connectivity index is 2.19. The summed E-state index contributed by atoms with van der Waals surface area (Å²) in [6.07, 6.45) is 3.58. The summed E-state index contributed by atoms with van der Waals surface area (Å²) in [5, 5.41) is 10.1. The van der Waals surface area contributed by atoms with Gasteiger partial charge in [-0.15, -0.1) is 11.3 Å². The lowest BCUT2D eigenvalue weighted by Gasteiger charge is -2.39. The SMILES string of the molecule is CCC[C@](C)(C[C@H](CN(C)Cc1cnc(-c2c(F)cccc2OC(F)F)s1)C(C)(C)C)C(=O)O. The van der Waals surface area contributed by atoms with Crippen LogP contribution in [0.2, 0.25) is 0 Å². The number of hydrogen-bond donors (Lipinski definition) is 1. The molecule has 0 fully saturated rings. The molecule has 1 N–H and O–H groups in total. The molecule has 34 heavy (non-hydrogen) atoms. The van der Waals surface area contributed by atoms with E-state index in [4.69, 9.17) is 0 Å². The van der Waals surface area contributed by atoms with E-state index in [2.05, 4.69) is 35.4 Å². The lowest BCUT2D eigenvalue weighted by atomic mass is 9.69. The minimum Gasteiger partial charge on any atom is -0.481 e. The summed E-state index contributed by atoms with van der Waals surface area (Å²) < 4.78 is 44.4. The fourth-order valence-corrected chi connectivity index (χ4v) is 5.19. The third-order valence-electron chi connectivity index (χ3n) is 6.16. The molecule has 5 nitrogen and oxygen atoms in total. The minimum atomic E-state index is -3.07.